The van der Waals surface area contributed by atoms with Crippen molar-refractivity contribution in [3.8, 4) is 0 Å². The molecule has 3 aromatic heterocycles. The van der Waals surface area contributed by atoms with Crippen LogP contribution in [0.1, 0.15) is 11.3 Å². The van der Waals surface area contributed by atoms with Gasteiger partial charge in [0, 0.05) is 19.2 Å². The fourth-order valence-corrected chi connectivity index (χ4v) is 1.81. The van der Waals surface area contributed by atoms with Crippen LogP contribution in [0.2, 0.25) is 0 Å². The first kappa shape index (κ1) is 10.8. The number of nitrogens with zero attached hydrogens (tertiary/aromatic N) is 3. The van der Waals surface area contributed by atoms with Gasteiger partial charge in [0.25, 0.3) is 0 Å². The molecule has 3 rings (SSSR count). The van der Waals surface area contributed by atoms with E-state index in [2.05, 4.69) is 15.4 Å². The molecular weight excluding hydrogens is 228 g/mol. The van der Waals surface area contributed by atoms with Crippen molar-refractivity contribution >= 4 is 11.6 Å². The minimum absolute atomic E-state index is 0.646. The number of pyridine rings is 1. The summed E-state index contributed by atoms with van der Waals surface area (Å²) in [6.45, 7) is 2.79. The number of furan rings is 1. The van der Waals surface area contributed by atoms with Gasteiger partial charge >= 0.3 is 0 Å². The van der Waals surface area contributed by atoms with Crippen LogP contribution in [0.5, 0.6) is 0 Å². The molecule has 3 heterocycles. The number of hydrogen-bond donors (Lipinski definition) is 1. The molecule has 0 saturated heterocycles. The van der Waals surface area contributed by atoms with Crippen LogP contribution in [-0.2, 0) is 6.42 Å². The molecule has 0 aliphatic carbocycles. The van der Waals surface area contributed by atoms with Gasteiger partial charge in [0.15, 0.2) is 5.65 Å². The van der Waals surface area contributed by atoms with E-state index in [0.29, 0.717) is 5.95 Å². The van der Waals surface area contributed by atoms with Gasteiger partial charge in [-0.15, -0.1) is 5.10 Å². The number of aryl methyl sites for hydroxylation is 1. The number of nitrogens with one attached hydrogen (secondary N) is 1. The fraction of sp³-hybridized carbons (Fsp3) is 0.231. The zero-order chi connectivity index (χ0) is 12.4. The summed E-state index contributed by atoms with van der Waals surface area (Å²) in [5.41, 5.74) is 2.03. The van der Waals surface area contributed by atoms with Crippen LogP contribution in [0.4, 0.5) is 5.95 Å². The lowest BCUT2D eigenvalue weighted by atomic mass is 10.3. The summed E-state index contributed by atoms with van der Waals surface area (Å²) in [5.74, 6) is 1.61. The zero-order valence-corrected chi connectivity index (χ0v) is 10.1. The van der Waals surface area contributed by atoms with Gasteiger partial charge in [0.2, 0.25) is 5.95 Å². The van der Waals surface area contributed by atoms with Crippen molar-refractivity contribution < 1.29 is 4.42 Å². The Labute approximate surface area is 104 Å². The monoisotopic (exact) mass is 242 g/mol. The molecule has 0 unspecified atom stereocenters. The van der Waals surface area contributed by atoms with Crippen molar-refractivity contribution in [2.24, 2.45) is 0 Å². The molecule has 0 saturated carbocycles. The van der Waals surface area contributed by atoms with Crippen LogP contribution in [0.25, 0.3) is 5.65 Å². The van der Waals surface area contributed by atoms with Crippen LogP contribution in [-0.4, -0.2) is 21.1 Å². The van der Waals surface area contributed by atoms with Gasteiger partial charge in [-0.3, -0.25) is 0 Å². The van der Waals surface area contributed by atoms with E-state index in [4.69, 9.17) is 4.42 Å². The lowest BCUT2D eigenvalue weighted by Gasteiger charge is -1.98. The van der Waals surface area contributed by atoms with Gasteiger partial charge in [-0.05, 0) is 36.8 Å². The molecule has 92 valence electrons. The van der Waals surface area contributed by atoms with E-state index in [1.165, 1.54) is 5.56 Å². The second-order valence-corrected chi connectivity index (χ2v) is 4.20. The minimum atomic E-state index is 0.646. The first-order valence-corrected chi connectivity index (χ1v) is 5.90. The van der Waals surface area contributed by atoms with Gasteiger partial charge in [0.1, 0.15) is 5.76 Å². The van der Waals surface area contributed by atoms with Gasteiger partial charge in [-0.1, -0.05) is 0 Å². The molecule has 0 aromatic carbocycles. The second-order valence-electron chi connectivity index (χ2n) is 4.20. The molecule has 0 atom stereocenters. The van der Waals surface area contributed by atoms with E-state index in [-0.39, 0.29) is 0 Å². The van der Waals surface area contributed by atoms with Crippen LogP contribution >= 0.6 is 0 Å². The summed E-state index contributed by atoms with van der Waals surface area (Å²) in [7, 11) is 0. The molecule has 1 N–H and O–H groups in total. The predicted molar refractivity (Wildman–Crippen MR) is 68.6 cm³/mol. The highest BCUT2D eigenvalue weighted by atomic mass is 16.3. The normalized spacial score (nSPS) is 10.9. The summed E-state index contributed by atoms with van der Waals surface area (Å²) in [6.07, 6.45) is 4.41. The minimum Gasteiger partial charge on any atom is -0.469 e. The van der Waals surface area contributed by atoms with E-state index in [1.807, 2.05) is 37.4 Å². The molecule has 0 fully saturated rings. The molecular formula is C13H14N4O. The Bertz CT molecular complexity index is 642. The highest BCUT2D eigenvalue weighted by Gasteiger charge is 2.03. The second kappa shape index (κ2) is 4.52. The maximum Gasteiger partial charge on any atom is 0.243 e. The van der Waals surface area contributed by atoms with Crippen molar-refractivity contribution in [2.45, 2.75) is 13.3 Å². The zero-order valence-electron chi connectivity index (χ0n) is 10.1. The SMILES string of the molecule is Cc1ccn2nc(NCCc3ccco3)nc2c1. The smallest absolute Gasteiger partial charge is 0.243 e. The number of rotatable bonds is 4. The van der Waals surface area contributed by atoms with E-state index >= 15 is 0 Å². The van der Waals surface area contributed by atoms with Crippen LogP contribution in [0.15, 0.2) is 41.1 Å². The quantitative estimate of drug-likeness (QED) is 0.762. The number of aromatic nitrogens is 3. The molecule has 5 nitrogen and oxygen atoms in total. The van der Waals surface area contributed by atoms with Crippen molar-refractivity contribution in [3.05, 3.63) is 48.0 Å². The van der Waals surface area contributed by atoms with Crippen molar-refractivity contribution in [3.63, 3.8) is 0 Å². The predicted octanol–water partition coefficient (Wildman–Crippen LogP) is 2.29. The topological polar surface area (TPSA) is 55.4 Å². The first-order valence-electron chi connectivity index (χ1n) is 5.90. The summed E-state index contributed by atoms with van der Waals surface area (Å²) >= 11 is 0. The molecule has 0 amide bonds. The molecule has 18 heavy (non-hydrogen) atoms. The lowest BCUT2D eigenvalue weighted by molar-refractivity contribution is 0.512. The van der Waals surface area contributed by atoms with Crippen molar-refractivity contribution in [1.29, 1.82) is 0 Å². The third kappa shape index (κ3) is 2.20. The summed E-state index contributed by atoms with van der Waals surface area (Å²) in [5, 5.41) is 7.53. The Balaban J connectivity index is 1.67. The van der Waals surface area contributed by atoms with E-state index in [9.17, 15) is 0 Å². The summed E-state index contributed by atoms with van der Waals surface area (Å²) in [4.78, 5) is 4.40. The Morgan fingerprint density at radius 1 is 1.39 bits per heavy atom. The van der Waals surface area contributed by atoms with Crippen LogP contribution in [0.3, 0.4) is 0 Å². The molecule has 3 aromatic rings. The molecule has 5 heteroatoms. The molecule has 0 aliphatic rings. The lowest BCUT2D eigenvalue weighted by Crippen LogP contribution is -2.05. The molecule has 0 radical (unpaired) electrons. The third-order valence-corrected chi connectivity index (χ3v) is 2.73. The number of hydrogen-bond acceptors (Lipinski definition) is 4. The van der Waals surface area contributed by atoms with Crippen molar-refractivity contribution in [1.82, 2.24) is 14.6 Å². The van der Waals surface area contributed by atoms with Gasteiger partial charge < -0.3 is 9.73 Å². The maximum atomic E-state index is 5.26. The Hall–Kier alpha value is -2.30. The van der Waals surface area contributed by atoms with Gasteiger partial charge in [-0.25, -0.2) is 4.52 Å². The Morgan fingerprint density at radius 2 is 2.33 bits per heavy atom. The third-order valence-electron chi connectivity index (χ3n) is 2.73. The highest BCUT2D eigenvalue weighted by Crippen LogP contribution is 2.08. The van der Waals surface area contributed by atoms with Crippen LogP contribution in [0, 0.1) is 6.92 Å². The number of fused-ring (bicyclic) bond motifs is 1. The molecule has 0 aliphatic heterocycles. The average molecular weight is 242 g/mol. The van der Waals surface area contributed by atoms with E-state index in [1.54, 1.807) is 10.8 Å². The largest absolute Gasteiger partial charge is 0.469 e. The molecule has 0 bridgehead atoms. The highest BCUT2D eigenvalue weighted by molar-refractivity contribution is 5.45. The van der Waals surface area contributed by atoms with Gasteiger partial charge in [0.05, 0.1) is 6.26 Å². The Kier molecular flexibility index (Phi) is 2.72. The van der Waals surface area contributed by atoms with E-state index < -0.39 is 0 Å². The summed E-state index contributed by atoms with van der Waals surface area (Å²) in [6, 6.07) is 7.86. The van der Waals surface area contributed by atoms with Crippen molar-refractivity contribution in [2.75, 3.05) is 11.9 Å². The summed E-state index contributed by atoms with van der Waals surface area (Å²) < 4.78 is 7.03. The Morgan fingerprint density at radius 3 is 3.17 bits per heavy atom. The maximum absolute atomic E-state index is 5.26. The fourth-order valence-electron chi connectivity index (χ4n) is 1.81. The van der Waals surface area contributed by atoms with E-state index in [0.717, 1.165) is 24.4 Å². The van der Waals surface area contributed by atoms with Crippen LogP contribution < -0.4 is 5.32 Å². The van der Waals surface area contributed by atoms with Gasteiger partial charge in [-0.2, -0.15) is 4.98 Å². The standard InChI is InChI=1S/C13H14N4O/c1-10-5-7-17-12(9-10)15-13(16-17)14-6-4-11-3-2-8-18-11/h2-3,5,7-9H,4,6H2,1H3,(H,14,16). The molecule has 0 spiro atoms. The number of anilines is 1. The average Bonchev–Trinajstić information content (AvgIpc) is 2.97. The first-order chi connectivity index (χ1) is 8.81.